The predicted octanol–water partition coefficient (Wildman–Crippen LogP) is -0.500. The van der Waals surface area contributed by atoms with Gasteiger partial charge in [-0.05, 0) is 13.6 Å². The second kappa shape index (κ2) is 4.19. The van der Waals surface area contributed by atoms with Gasteiger partial charge >= 0.3 is 0 Å². The Bertz CT molecular complexity index is 117. The summed E-state index contributed by atoms with van der Waals surface area (Å²) < 4.78 is 0. The van der Waals surface area contributed by atoms with E-state index in [2.05, 4.69) is 0 Å². The molecule has 0 rings (SSSR count). The lowest BCUT2D eigenvalue weighted by molar-refractivity contribution is -0.486. The van der Waals surface area contributed by atoms with E-state index in [-0.39, 0.29) is 6.54 Å². The third-order valence-corrected chi connectivity index (χ3v) is 1.40. The molecule has 0 bridgehead atoms. The molecular weight excluding hydrogens is 134 g/mol. The molecule has 0 spiro atoms. The molecule has 0 heterocycles. The van der Waals surface area contributed by atoms with Gasteiger partial charge in [-0.1, -0.05) is 6.92 Å². The molecule has 0 aliphatic heterocycles. The average molecular weight is 147 g/mol. The van der Waals surface area contributed by atoms with Gasteiger partial charge in [0.1, 0.15) is 6.17 Å². The van der Waals surface area contributed by atoms with E-state index in [9.17, 15) is 10.1 Å². The first-order chi connectivity index (χ1) is 4.57. The van der Waals surface area contributed by atoms with E-state index in [1.165, 1.54) is 0 Å². The molecule has 0 aliphatic carbocycles. The molecule has 5 nitrogen and oxygen atoms in total. The fourth-order valence-electron chi connectivity index (χ4n) is 0.527. The van der Waals surface area contributed by atoms with Gasteiger partial charge in [-0.3, -0.25) is 15.0 Å². The largest absolute Gasteiger partial charge is 0.310 e. The van der Waals surface area contributed by atoms with Gasteiger partial charge in [0.05, 0.1) is 0 Å². The van der Waals surface area contributed by atoms with Gasteiger partial charge < -0.3 is 5.73 Å². The molecule has 60 valence electrons. The number of nitrogens with zero attached hydrogens (tertiary/aromatic N) is 2. The molecule has 0 saturated carbocycles. The van der Waals surface area contributed by atoms with Crippen LogP contribution in [0, 0.1) is 10.1 Å². The highest BCUT2D eigenvalue weighted by Gasteiger charge is 2.12. The van der Waals surface area contributed by atoms with Crippen LogP contribution in [0.25, 0.3) is 0 Å². The van der Waals surface area contributed by atoms with Crippen molar-refractivity contribution >= 4 is 0 Å². The monoisotopic (exact) mass is 147 g/mol. The normalized spacial score (nSPS) is 13.6. The molecule has 0 aromatic carbocycles. The fourth-order valence-corrected chi connectivity index (χ4v) is 0.527. The summed E-state index contributed by atoms with van der Waals surface area (Å²) >= 11 is 0. The Hall–Kier alpha value is -0.680. The highest BCUT2D eigenvalue weighted by atomic mass is 16.6. The zero-order valence-corrected chi connectivity index (χ0v) is 6.28. The van der Waals surface area contributed by atoms with E-state index in [0.29, 0.717) is 0 Å². The summed E-state index contributed by atoms with van der Waals surface area (Å²) in [6.45, 7) is 2.44. The quantitative estimate of drug-likeness (QED) is 0.330. The van der Waals surface area contributed by atoms with Crippen LogP contribution in [0.4, 0.5) is 0 Å². The molecule has 0 aliphatic rings. The molecule has 0 saturated heterocycles. The highest BCUT2D eigenvalue weighted by Crippen LogP contribution is 1.87. The van der Waals surface area contributed by atoms with Crippen LogP contribution in [0.15, 0.2) is 0 Å². The molecule has 2 N–H and O–H groups in total. The molecule has 1 unspecified atom stereocenters. The first-order valence-corrected chi connectivity index (χ1v) is 3.15. The summed E-state index contributed by atoms with van der Waals surface area (Å²) in [6, 6.07) is 0. The molecule has 0 radical (unpaired) electrons. The van der Waals surface area contributed by atoms with Gasteiger partial charge in [0, 0.05) is 4.92 Å². The number of likely N-dealkylation sites (N-methyl/N-ethyl adjacent to an activating group) is 1. The topological polar surface area (TPSA) is 72.4 Å². The van der Waals surface area contributed by atoms with Gasteiger partial charge in [-0.15, -0.1) is 0 Å². The summed E-state index contributed by atoms with van der Waals surface area (Å²) in [5.74, 6) is 0. The Morgan fingerprint density at radius 2 is 2.30 bits per heavy atom. The Balaban J connectivity index is 3.61. The summed E-state index contributed by atoms with van der Waals surface area (Å²) in [5, 5.41) is 9.93. The van der Waals surface area contributed by atoms with Crippen molar-refractivity contribution in [3.05, 3.63) is 10.1 Å². The van der Waals surface area contributed by atoms with Gasteiger partial charge in [0.25, 0.3) is 0 Å². The molecule has 0 aromatic rings. The SMILES string of the molecule is CCN(C)C(N)C[N+](=O)[O-]. The van der Waals surface area contributed by atoms with Crippen LogP contribution in [-0.2, 0) is 0 Å². The van der Waals surface area contributed by atoms with Gasteiger partial charge in [-0.25, -0.2) is 0 Å². The van der Waals surface area contributed by atoms with Crippen molar-refractivity contribution in [3.63, 3.8) is 0 Å². The van der Waals surface area contributed by atoms with Crippen LogP contribution < -0.4 is 5.73 Å². The first-order valence-electron chi connectivity index (χ1n) is 3.15. The average Bonchev–Trinajstić information content (AvgIpc) is 1.85. The number of nitro groups is 1. The van der Waals surface area contributed by atoms with Gasteiger partial charge in [-0.2, -0.15) is 0 Å². The maximum atomic E-state index is 9.93. The van der Waals surface area contributed by atoms with Crippen molar-refractivity contribution in [2.24, 2.45) is 5.73 Å². The molecular formula is C5H13N3O2. The number of rotatable bonds is 4. The lowest BCUT2D eigenvalue weighted by atomic mass is 10.4. The number of hydrogen-bond acceptors (Lipinski definition) is 4. The van der Waals surface area contributed by atoms with Crippen molar-refractivity contribution < 1.29 is 4.92 Å². The Morgan fingerprint density at radius 3 is 2.60 bits per heavy atom. The molecule has 1 atom stereocenters. The van der Waals surface area contributed by atoms with Crippen LogP contribution in [0.2, 0.25) is 0 Å². The third-order valence-electron chi connectivity index (χ3n) is 1.40. The lowest BCUT2D eigenvalue weighted by Crippen LogP contribution is -2.44. The zero-order chi connectivity index (χ0) is 8.15. The van der Waals surface area contributed by atoms with E-state index in [1.54, 1.807) is 11.9 Å². The Labute approximate surface area is 60.0 Å². The Kier molecular flexibility index (Phi) is 3.90. The van der Waals surface area contributed by atoms with E-state index < -0.39 is 11.1 Å². The van der Waals surface area contributed by atoms with Crippen molar-refractivity contribution in [2.75, 3.05) is 20.1 Å². The minimum Gasteiger partial charge on any atom is -0.310 e. The molecule has 0 amide bonds. The second-order valence-electron chi connectivity index (χ2n) is 2.16. The van der Waals surface area contributed by atoms with Crippen LogP contribution in [0.3, 0.4) is 0 Å². The number of nitrogens with two attached hydrogens (primary N) is 1. The lowest BCUT2D eigenvalue weighted by Gasteiger charge is -2.18. The highest BCUT2D eigenvalue weighted by molar-refractivity contribution is 4.56. The number of hydrogen-bond donors (Lipinski definition) is 1. The standard InChI is InChI=1S/C5H13N3O2/c1-3-7(2)5(6)4-8(9)10/h5H,3-4,6H2,1-2H3. The minimum atomic E-state index is -0.458. The second-order valence-corrected chi connectivity index (χ2v) is 2.16. The molecule has 0 aromatic heterocycles. The van der Waals surface area contributed by atoms with Crippen LogP contribution in [0.5, 0.6) is 0 Å². The van der Waals surface area contributed by atoms with Crippen LogP contribution >= 0.6 is 0 Å². The molecule has 10 heavy (non-hydrogen) atoms. The summed E-state index contributed by atoms with van der Waals surface area (Å²) in [5.41, 5.74) is 5.41. The molecule has 5 heteroatoms. The predicted molar refractivity (Wildman–Crippen MR) is 38.1 cm³/mol. The van der Waals surface area contributed by atoms with Crippen molar-refractivity contribution in [3.8, 4) is 0 Å². The summed E-state index contributed by atoms with van der Waals surface area (Å²) in [6.07, 6.45) is -0.458. The van der Waals surface area contributed by atoms with Gasteiger partial charge in [0.15, 0.2) is 0 Å². The first kappa shape index (κ1) is 9.32. The Morgan fingerprint density at radius 1 is 1.80 bits per heavy atom. The van der Waals surface area contributed by atoms with Crippen LogP contribution in [-0.4, -0.2) is 36.1 Å². The maximum Gasteiger partial charge on any atom is 0.231 e. The van der Waals surface area contributed by atoms with Crippen molar-refractivity contribution in [1.29, 1.82) is 0 Å². The summed E-state index contributed by atoms with van der Waals surface area (Å²) in [4.78, 5) is 11.2. The van der Waals surface area contributed by atoms with Crippen molar-refractivity contribution in [2.45, 2.75) is 13.1 Å². The van der Waals surface area contributed by atoms with E-state index in [1.807, 2.05) is 6.92 Å². The third kappa shape index (κ3) is 3.37. The van der Waals surface area contributed by atoms with Crippen LogP contribution in [0.1, 0.15) is 6.92 Å². The van der Waals surface area contributed by atoms with E-state index in [0.717, 1.165) is 6.54 Å². The minimum absolute atomic E-state index is 0.190. The van der Waals surface area contributed by atoms with E-state index in [4.69, 9.17) is 5.73 Å². The zero-order valence-electron chi connectivity index (χ0n) is 6.28. The molecule has 0 fully saturated rings. The van der Waals surface area contributed by atoms with Crippen molar-refractivity contribution in [1.82, 2.24) is 4.90 Å². The smallest absolute Gasteiger partial charge is 0.231 e. The van der Waals surface area contributed by atoms with E-state index >= 15 is 0 Å². The van der Waals surface area contributed by atoms with Gasteiger partial charge in [0.2, 0.25) is 6.54 Å². The maximum absolute atomic E-state index is 9.93. The summed E-state index contributed by atoms with van der Waals surface area (Å²) in [7, 11) is 1.76. The fraction of sp³-hybridized carbons (Fsp3) is 1.00.